The Balaban J connectivity index is 1.03. The Morgan fingerprint density at radius 3 is 2.44 bits per heavy atom. The standard InChI is InChI=1S/C40H40N6O5S/c1-22-28(29-7-5-9-31(23(29)2)38-44-33-19-46(20-34(33)52-38)35(48)17-42-26-14-27(47)15-26)6-4-8-30(22)37-43-32-13-24(12-25(16-41)36(32)51-37)18-45-11-10-40(3,21-45)39(49)50/h4-9,12-13,26-27,42,47H,10-11,14-15,17-21H2,1-3H3,(H,49,50)/t26-,27-,40-/m1/s1. The van der Waals surface area contributed by atoms with Crippen molar-refractivity contribution in [2.24, 2.45) is 5.41 Å². The van der Waals surface area contributed by atoms with E-state index in [-0.39, 0.29) is 24.6 Å². The van der Waals surface area contributed by atoms with Crippen molar-refractivity contribution >= 4 is 34.3 Å². The highest BCUT2D eigenvalue weighted by molar-refractivity contribution is 7.15. The predicted molar refractivity (Wildman–Crippen MR) is 197 cm³/mol. The lowest BCUT2D eigenvalue weighted by atomic mass is 9.89. The number of carbonyl (C=O) groups is 2. The monoisotopic (exact) mass is 716 g/mol. The first kappa shape index (κ1) is 34.2. The third-order valence-corrected chi connectivity index (χ3v) is 12.1. The van der Waals surface area contributed by atoms with Crippen molar-refractivity contribution in [2.45, 2.75) is 71.8 Å². The summed E-state index contributed by atoms with van der Waals surface area (Å²) in [6, 6.07) is 18.6. The topological polar surface area (TPSA) is 156 Å². The van der Waals surface area contributed by atoms with Crippen LogP contribution in [0.1, 0.15) is 59.0 Å². The summed E-state index contributed by atoms with van der Waals surface area (Å²) in [6.45, 7) is 8.95. The largest absolute Gasteiger partial charge is 0.481 e. The van der Waals surface area contributed by atoms with E-state index in [1.165, 1.54) is 0 Å². The highest BCUT2D eigenvalue weighted by Crippen LogP contribution is 2.41. The van der Waals surface area contributed by atoms with Crippen molar-refractivity contribution in [2.75, 3.05) is 19.6 Å². The number of aromatic nitrogens is 2. The predicted octanol–water partition coefficient (Wildman–Crippen LogP) is 6.03. The Hall–Kier alpha value is -4.93. The molecule has 0 radical (unpaired) electrons. The molecule has 3 N–H and O–H groups in total. The van der Waals surface area contributed by atoms with Crippen LogP contribution >= 0.6 is 11.3 Å². The summed E-state index contributed by atoms with van der Waals surface area (Å²) in [6.07, 6.45) is 1.74. The third-order valence-electron chi connectivity index (χ3n) is 11.0. The molecule has 12 heteroatoms. The van der Waals surface area contributed by atoms with Crippen LogP contribution in [0.4, 0.5) is 0 Å². The minimum atomic E-state index is -0.785. The van der Waals surface area contributed by atoms with E-state index in [2.05, 4.69) is 54.4 Å². The van der Waals surface area contributed by atoms with Gasteiger partial charge in [-0.15, -0.1) is 11.3 Å². The molecule has 2 aromatic heterocycles. The van der Waals surface area contributed by atoms with Gasteiger partial charge in [0.15, 0.2) is 5.58 Å². The number of fused-ring (bicyclic) bond motifs is 2. The van der Waals surface area contributed by atoms with Crippen LogP contribution in [0.15, 0.2) is 52.9 Å². The summed E-state index contributed by atoms with van der Waals surface area (Å²) in [5.41, 5.74) is 8.62. The second kappa shape index (κ2) is 13.2. The molecule has 11 nitrogen and oxygen atoms in total. The Labute approximate surface area is 305 Å². The summed E-state index contributed by atoms with van der Waals surface area (Å²) < 4.78 is 6.29. The van der Waals surface area contributed by atoms with Crippen LogP contribution in [0.5, 0.6) is 0 Å². The van der Waals surface area contributed by atoms with Crippen LogP contribution in [0.3, 0.4) is 0 Å². The molecule has 1 saturated carbocycles. The molecule has 2 aliphatic heterocycles. The van der Waals surface area contributed by atoms with Crippen molar-refractivity contribution < 1.29 is 24.2 Å². The zero-order valence-corrected chi connectivity index (χ0v) is 30.2. The van der Waals surface area contributed by atoms with Crippen LogP contribution < -0.4 is 5.32 Å². The van der Waals surface area contributed by atoms with Gasteiger partial charge in [-0.3, -0.25) is 14.5 Å². The van der Waals surface area contributed by atoms with Gasteiger partial charge in [-0.2, -0.15) is 5.26 Å². The normalized spacial score (nSPS) is 21.3. The van der Waals surface area contributed by atoms with Crippen molar-refractivity contribution in [3.8, 4) is 39.2 Å². The van der Waals surface area contributed by atoms with E-state index in [1.54, 1.807) is 18.3 Å². The average molecular weight is 717 g/mol. The molecular formula is C40H40N6O5S. The average Bonchev–Trinajstić information content (AvgIpc) is 3.89. The zero-order valence-electron chi connectivity index (χ0n) is 29.4. The van der Waals surface area contributed by atoms with E-state index in [0.717, 1.165) is 54.5 Å². The van der Waals surface area contributed by atoms with Crippen molar-refractivity contribution in [1.29, 1.82) is 5.26 Å². The second-order valence-corrected chi connectivity index (χ2v) is 15.8. The van der Waals surface area contributed by atoms with E-state index >= 15 is 0 Å². The molecule has 2 fully saturated rings. The number of aliphatic hydroxyl groups is 1. The Bertz CT molecular complexity index is 2260. The number of amides is 1. The highest BCUT2D eigenvalue weighted by atomic mass is 32.1. The smallest absolute Gasteiger partial charge is 0.310 e. The number of oxazole rings is 1. The summed E-state index contributed by atoms with van der Waals surface area (Å²) in [5, 5.41) is 33.4. The molecule has 1 saturated heterocycles. The molecule has 4 heterocycles. The number of nitrogens with zero attached hydrogens (tertiary/aromatic N) is 5. The van der Waals surface area contributed by atoms with E-state index in [4.69, 9.17) is 14.4 Å². The Morgan fingerprint density at radius 2 is 1.77 bits per heavy atom. The maximum atomic E-state index is 12.8. The summed E-state index contributed by atoms with van der Waals surface area (Å²) >= 11 is 1.64. The number of rotatable bonds is 9. The van der Waals surface area contributed by atoms with Gasteiger partial charge < -0.3 is 24.8 Å². The Kier molecular flexibility index (Phi) is 8.70. The van der Waals surface area contributed by atoms with Gasteiger partial charge in [-0.05, 0) is 92.6 Å². The van der Waals surface area contributed by atoms with Gasteiger partial charge in [0.1, 0.15) is 16.6 Å². The number of carboxylic acid groups (broad SMARTS) is 1. The molecule has 0 unspecified atom stereocenters. The number of aliphatic hydroxyl groups excluding tert-OH is 1. The summed E-state index contributed by atoms with van der Waals surface area (Å²) in [7, 11) is 0. The molecule has 0 spiro atoms. The van der Waals surface area contributed by atoms with Crippen LogP contribution in [0.25, 0.3) is 44.3 Å². The number of thiazole rings is 1. The van der Waals surface area contributed by atoms with Gasteiger partial charge in [-0.1, -0.05) is 30.3 Å². The molecule has 3 aliphatic rings. The molecule has 5 aromatic rings. The number of aliphatic carboxylic acids is 1. The first-order valence-electron chi connectivity index (χ1n) is 17.7. The number of carbonyl (C=O) groups excluding carboxylic acids is 1. The molecule has 1 atom stereocenters. The van der Waals surface area contributed by atoms with Crippen molar-refractivity contribution in [3.05, 3.63) is 81.4 Å². The zero-order chi connectivity index (χ0) is 36.3. The lowest BCUT2D eigenvalue weighted by Crippen LogP contribution is -2.47. The fourth-order valence-corrected chi connectivity index (χ4v) is 8.92. The number of hydrogen-bond acceptors (Lipinski definition) is 10. The van der Waals surface area contributed by atoms with E-state index in [1.807, 2.05) is 29.2 Å². The molecular weight excluding hydrogens is 677 g/mol. The maximum absolute atomic E-state index is 12.8. The van der Waals surface area contributed by atoms with Crippen molar-refractivity contribution in [1.82, 2.24) is 25.1 Å². The second-order valence-electron chi connectivity index (χ2n) is 14.7. The van der Waals surface area contributed by atoms with Crippen LogP contribution in [0.2, 0.25) is 0 Å². The maximum Gasteiger partial charge on any atom is 0.310 e. The highest BCUT2D eigenvalue weighted by Gasteiger charge is 2.40. The van der Waals surface area contributed by atoms with Gasteiger partial charge in [-0.25, -0.2) is 9.97 Å². The number of benzene rings is 3. The van der Waals surface area contributed by atoms with Crippen LogP contribution in [0, 0.1) is 30.6 Å². The third kappa shape index (κ3) is 6.17. The van der Waals surface area contributed by atoms with Crippen LogP contribution in [-0.4, -0.2) is 73.6 Å². The first-order valence-corrected chi connectivity index (χ1v) is 18.5. The van der Waals surface area contributed by atoms with Gasteiger partial charge >= 0.3 is 5.97 Å². The SMILES string of the molecule is Cc1c(-c2nc3cc(CN4CC[C@@](C)(C(=O)O)C4)cc(C#N)c3o2)cccc1-c1cccc(-c2nc3c(s2)CN(C(=O)CN[C@H]2C[C@H](O)C2)C3)c1C. The van der Waals surface area contributed by atoms with E-state index in [9.17, 15) is 25.1 Å². The molecule has 3 aromatic carbocycles. The number of hydrogen-bond donors (Lipinski definition) is 3. The molecule has 52 heavy (non-hydrogen) atoms. The fourth-order valence-electron chi connectivity index (χ4n) is 7.75. The molecule has 1 amide bonds. The van der Waals surface area contributed by atoms with Gasteiger partial charge in [0.2, 0.25) is 11.8 Å². The number of nitriles is 1. The number of likely N-dealkylation sites (tertiary alicyclic amines) is 1. The number of nitrogens with one attached hydrogen (secondary N) is 1. The van der Waals surface area contributed by atoms with Gasteiger partial charge in [0.25, 0.3) is 0 Å². The minimum absolute atomic E-state index is 0.0529. The molecule has 8 rings (SSSR count). The molecule has 266 valence electrons. The number of carboxylic acids is 1. The Morgan fingerprint density at radius 1 is 1.06 bits per heavy atom. The van der Waals surface area contributed by atoms with E-state index in [0.29, 0.717) is 74.5 Å². The lowest BCUT2D eigenvalue weighted by Gasteiger charge is -2.32. The van der Waals surface area contributed by atoms with E-state index < -0.39 is 11.4 Å². The first-order chi connectivity index (χ1) is 25.0. The van der Waals surface area contributed by atoms with Gasteiger partial charge in [0, 0.05) is 35.1 Å². The quantitative estimate of drug-likeness (QED) is 0.165. The summed E-state index contributed by atoms with van der Waals surface area (Å²) in [4.78, 5) is 39.5. The lowest BCUT2D eigenvalue weighted by molar-refractivity contribution is -0.147. The van der Waals surface area contributed by atoms with Gasteiger partial charge in [0.05, 0.1) is 42.4 Å². The van der Waals surface area contributed by atoms with Crippen molar-refractivity contribution in [3.63, 3.8) is 0 Å². The minimum Gasteiger partial charge on any atom is -0.481 e. The van der Waals surface area contributed by atoms with Crippen LogP contribution in [-0.2, 0) is 29.2 Å². The molecule has 1 aliphatic carbocycles. The fraction of sp³-hybridized carbons (Fsp3) is 0.375. The molecule has 0 bridgehead atoms. The summed E-state index contributed by atoms with van der Waals surface area (Å²) in [5.74, 6) is -0.294.